The van der Waals surface area contributed by atoms with Crippen LogP contribution in [0, 0.1) is 6.92 Å². The van der Waals surface area contributed by atoms with E-state index in [1.54, 1.807) is 13.2 Å². The highest BCUT2D eigenvalue weighted by Crippen LogP contribution is 2.34. The Balaban J connectivity index is 2.97. The van der Waals surface area contributed by atoms with Crippen LogP contribution in [0.1, 0.15) is 16.1 Å². The first-order chi connectivity index (χ1) is 7.60. The Morgan fingerprint density at radius 3 is 2.69 bits per heavy atom. The van der Waals surface area contributed by atoms with Crippen LogP contribution in [-0.2, 0) is 7.05 Å². The topological polar surface area (TPSA) is 31.2 Å². The summed E-state index contributed by atoms with van der Waals surface area (Å²) in [4.78, 5) is 11.0. The predicted octanol–water partition coefficient (Wildman–Crippen LogP) is 2.96. The smallest absolute Gasteiger partial charge is 0.166 e. The molecular formula is C12H12ClNO2. The van der Waals surface area contributed by atoms with Crippen molar-refractivity contribution < 1.29 is 9.53 Å². The van der Waals surface area contributed by atoms with Crippen molar-refractivity contribution in [1.29, 1.82) is 0 Å². The molecule has 0 saturated heterocycles. The summed E-state index contributed by atoms with van der Waals surface area (Å²) in [5.41, 5.74) is 2.47. The Morgan fingerprint density at radius 1 is 1.44 bits per heavy atom. The molecule has 0 amide bonds. The van der Waals surface area contributed by atoms with E-state index in [-0.39, 0.29) is 0 Å². The molecule has 16 heavy (non-hydrogen) atoms. The lowest BCUT2D eigenvalue weighted by molar-refractivity contribution is 0.111. The molecule has 2 aromatic rings. The van der Waals surface area contributed by atoms with Gasteiger partial charge in [-0.05, 0) is 18.6 Å². The fourth-order valence-electron chi connectivity index (χ4n) is 2.04. The Labute approximate surface area is 98.6 Å². The molecule has 3 nitrogen and oxygen atoms in total. The van der Waals surface area contributed by atoms with Crippen LogP contribution in [0.15, 0.2) is 12.1 Å². The van der Waals surface area contributed by atoms with E-state index in [9.17, 15) is 4.79 Å². The molecule has 1 aromatic carbocycles. The minimum Gasteiger partial charge on any atom is -0.494 e. The summed E-state index contributed by atoms with van der Waals surface area (Å²) in [6.07, 6.45) is 0.850. The zero-order chi connectivity index (χ0) is 11.9. The Hall–Kier alpha value is -1.48. The Kier molecular flexibility index (Phi) is 2.64. The van der Waals surface area contributed by atoms with Gasteiger partial charge in [0.1, 0.15) is 5.75 Å². The summed E-state index contributed by atoms with van der Waals surface area (Å²) in [6, 6.07) is 3.60. The van der Waals surface area contributed by atoms with Crippen molar-refractivity contribution in [2.45, 2.75) is 6.92 Å². The molecule has 4 heteroatoms. The van der Waals surface area contributed by atoms with Crippen LogP contribution in [0.25, 0.3) is 10.9 Å². The second-order valence-electron chi connectivity index (χ2n) is 3.69. The molecule has 0 spiro atoms. The second kappa shape index (κ2) is 3.83. The highest BCUT2D eigenvalue weighted by Gasteiger charge is 2.15. The monoisotopic (exact) mass is 237 g/mol. The Morgan fingerprint density at radius 2 is 2.12 bits per heavy atom. The van der Waals surface area contributed by atoms with Crippen molar-refractivity contribution in [3.8, 4) is 5.75 Å². The zero-order valence-electron chi connectivity index (χ0n) is 9.37. The number of hydrogen-bond acceptors (Lipinski definition) is 2. The van der Waals surface area contributed by atoms with Gasteiger partial charge in [-0.25, -0.2) is 0 Å². The molecule has 0 aliphatic rings. The highest BCUT2D eigenvalue weighted by molar-refractivity contribution is 6.31. The number of ether oxygens (including phenoxy) is 1. The van der Waals surface area contributed by atoms with Crippen LogP contribution in [0.5, 0.6) is 5.75 Å². The van der Waals surface area contributed by atoms with Crippen molar-refractivity contribution in [3.05, 3.63) is 28.4 Å². The number of methoxy groups -OCH3 is 1. The van der Waals surface area contributed by atoms with Crippen LogP contribution < -0.4 is 4.74 Å². The number of halogens is 1. The fourth-order valence-corrected chi connectivity index (χ4v) is 2.25. The van der Waals surface area contributed by atoms with Crippen LogP contribution in [0.2, 0.25) is 5.02 Å². The molecule has 0 atom stereocenters. The predicted molar refractivity (Wildman–Crippen MR) is 64.6 cm³/mol. The molecule has 0 fully saturated rings. The first-order valence-electron chi connectivity index (χ1n) is 4.87. The average Bonchev–Trinajstić information content (AvgIpc) is 2.50. The van der Waals surface area contributed by atoms with Gasteiger partial charge in [0.2, 0.25) is 0 Å². The molecule has 0 aliphatic carbocycles. The number of nitrogens with zero attached hydrogens (tertiary/aromatic N) is 1. The maximum atomic E-state index is 11.0. The second-order valence-corrected chi connectivity index (χ2v) is 4.13. The summed E-state index contributed by atoms with van der Waals surface area (Å²) in [7, 11) is 3.43. The van der Waals surface area contributed by atoms with E-state index < -0.39 is 0 Å². The third kappa shape index (κ3) is 1.39. The van der Waals surface area contributed by atoms with Crippen molar-refractivity contribution >= 4 is 28.8 Å². The lowest BCUT2D eigenvalue weighted by atomic mass is 10.1. The van der Waals surface area contributed by atoms with Crippen LogP contribution in [-0.4, -0.2) is 18.0 Å². The number of carbonyl (C=O) groups is 1. The largest absolute Gasteiger partial charge is 0.494 e. The van der Waals surface area contributed by atoms with Crippen molar-refractivity contribution in [1.82, 2.24) is 4.57 Å². The SMILES string of the molecule is COc1cc(Cl)cc2c(C)c(C=O)n(C)c12. The van der Waals surface area contributed by atoms with E-state index in [2.05, 4.69) is 0 Å². The first kappa shape index (κ1) is 11.0. The molecule has 0 aliphatic heterocycles. The average molecular weight is 238 g/mol. The van der Waals surface area contributed by atoms with E-state index in [4.69, 9.17) is 16.3 Å². The van der Waals surface area contributed by atoms with Crippen molar-refractivity contribution in [2.75, 3.05) is 7.11 Å². The van der Waals surface area contributed by atoms with Gasteiger partial charge in [0, 0.05) is 23.5 Å². The van der Waals surface area contributed by atoms with E-state index in [0.717, 1.165) is 22.8 Å². The van der Waals surface area contributed by atoms with E-state index in [1.807, 2.05) is 24.6 Å². The summed E-state index contributed by atoms with van der Waals surface area (Å²) in [5, 5.41) is 1.56. The number of aryl methyl sites for hydroxylation is 2. The third-order valence-corrected chi connectivity index (χ3v) is 3.07. The molecule has 0 saturated carbocycles. The van der Waals surface area contributed by atoms with Gasteiger partial charge in [-0.15, -0.1) is 0 Å². The minimum absolute atomic E-state index is 0.607. The number of carbonyl (C=O) groups excluding carboxylic acids is 1. The Bertz CT molecular complexity index is 572. The molecule has 0 unspecified atom stereocenters. The molecule has 1 aromatic heterocycles. The van der Waals surface area contributed by atoms with Gasteiger partial charge < -0.3 is 9.30 Å². The van der Waals surface area contributed by atoms with Crippen LogP contribution in [0.4, 0.5) is 0 Å². The van der Waals surface area contributed by atoms with Gasteiger partial charge in [0.25, 0.3) is 0 Å². The van der Waals surface area contributed by atoms with Gasteiger partial charge in [-0.2, -0.15) is 0 Å². The lowest BCUT2D eigenvalue weighted by Crippen LogP contribution is -1.96. The number of rotatable bonds is 2. The van der Waals surface area contributed by atoms with Gasteiger partial charge >= 0.3 is 0 Å². The summed E-state index contributed by atoms with van der Waals surface area (Å²) < 4.78 is 7.11. The first-order valence-corrected chi connectivity index (χ1v) is 5.25. The quantitative estimate of drug-likeness (QED) is 0.752. The summed E-state index contributed by atoms with van der Waals surface area (Å²) in [5.74, 6) is 0.682. The van der Waals surface area contributed by atoms with Crippen LogP contribution in [0.3, 0.4) is 0 Å². The summed E-state index contributed by atoms with van der Waals surface area (Å²) >= 11 is 6.00. The number of aromatic nitrogens is 1. The molecule has 0 radical (unpaired) electrons. The maximum Gasteiger partial charge on any atom is 0.166 e. The normalized spacial score (nSPS) is 10.8. The van der Waals surface area contributed by atoms with Crippen molar-refractivity contribution in [3.63, 3.8) is 0 Å². The molecule has 1 heterocycles. The van der Waals surface area contributed by atoms with E-state index in [1.165, 1.54) is 0 Å². The van der Waals surface area contributed by atoms with Gasteiger partial charge in [-0.1, -0.05) is 11.6 Å². The minimum atomic E-state index is 0.607. The fraction of sp³-hybridized carbons (Fsp3) is 0.250. The third-order valence-electron chi connectivity index (χ3n) is 2.86. The molecule has 0 bridgehead atoms. The molecular weight excluding hydrogens is 226 g/mol. The van der Waals surface area contributed by atoms with Crippen LogP contribution >= 0.6 is 11.6 Å². The number of aldehydes is 1. The maximum absolute atomic E-state index is 11.0. The van der Waals surface area contributed by atoms with Crippen molar-refractivity contribution in [2.24, 2.45) is 7.05 Å². The number of benzene rings is 1. The zero-order valence-corrected chi connectivity index (χ0v) is 10.1. The molecule has 2 rings (SSSR count). The van der Waals surface area contributed by atoms with E-state index >= 15 is 0 Å². The lowest BCUT2D eigenvalue weighted by Gasteiger charge is -2.05. The highest BCUT2D eigenvalue weighted by atomic mass is 35.5. The number of hydrogen-bond donors (Lipinski definition) is 0. The summed E-state index contributed by atoms with van der Waals surface area (Å²) in [6.45, 7) is 1.90. The molecule has 84 valence electrons. The standard InChI is InChI=1S/C12H12ClNO2/c1-7-9-4-8(13)5-11(16-3)12(9)14(2)10(7)6-15/h4-6H,1-3H3. The van der Waals surface area contributed by atoms with E-state index in [0.29, 0.717) is 16.5 Å². The van der Waals surface area contributed by atoms with Gasteiger partial charge in [-0.3, -0.25) is 4.79 Å². The molecule has 0 N–H and O–H groups in total. The number of fused-ring (bicyclic) bond motifs is 1. The van der Waals surface area contributed by atoms with Gasteiger partial charge in [0.15, 0.2) is 6.29 Å². The van der Waals surface area contributed by atoms with Gasteiger partial charge in [0.05, 0.1) is 18.3 Å².